The predicted molar refractivity (Wildman–Crippen MR) is 122 cm³/mol. The van der Waals surface area contributed by atoms with Gasteiger partial charge in [0.1, 0.15) is 23.6 Å². The van der Waals surface area contributed by atoms with E-state index >= 15 is 0 Å². The topological polar surface area (TPSA) is 88.0 Å². The standard InChI is InChI=1S/C26H32FNO5/c1-14-8-9-16(10-20(14)27)11-26(3,4)28-12-17(29)13-32-15(2)18-6-5-7-19-21-22(25(30)31)24(21)33-23(18)19/h5-10,15,17,21-22,24,28-29H,11-13H2,1-4H3,(H,30,31)/t15-,17?,21+,22+,24+/m1/s1. The highest BCUT2D eigenvalue weighted by atomic mass is 19.1. The van der Waals surface area contributed by atoms with Crippen molar-refractivity contribution in [2.45, 2.75) is 63.9 Å². The number of rotatable bonds is 10. The molecule has 0 radical (unpaired) electrons. The van der Waals surface area contributed by atoms with Crippen LogP contribution in [-0.2, 0) is 16.0 Å². The first kappa shape index (κ1) is 23.7. The lowest BCUT2D eigenvalue weighted by atomic mass is 9.94. The van der Waals surface area contributed by atoms with Gasteiger partial charge in [0.25, 0.3) is 0 Å². The average Bonchev–Trinajstić information content (AvgIpc) is 3.35. The third kappa shape index (κ3) is 5.05. The minimum Gasteiger partial charge on any atom is -0.488 e. The molecule has 1 saturated carbocycles. The van der Waals surface area contributed by atoms with Crippen molar-refractivity contribution in [1.82, 2.24) is 5.32 Å². The fraction of sp³-hybridized carbons (Fsp3) is 0.500. The van der Waals surface area contributed by atoms with Gasteiger partial charge in [0.15, 0.2) is 0 Å². The number of aryl methyl sites for hydroxylation is 1. The maximum Gasteiger partial charge on any atom is 0.311 e. The normalized spacial score (nSPS) is 22.8. The number of carboxylic acid groups (broad SMARTS) is 1. The molecule has 0 bridgehead atoms. The second kappa shape index (κ2) is 9.05. The lowest BCUT2D eigenvalue weighted by Gasteiger charge is -2.28. The summed E-state index contributed by atoms with van der Waals surface area (Å²) in [6.07, 6.45) is -0.686. The molecule has 1 unspecified atom stereocenters. The van der Waals surface area contributed by atoms with E-state index in [1.54, 1.807) is 19.1 Å². The van der Waals surface area contributed by atoms with E-state index in [-0.39, 0.29) is 36.1 Å². The highest BCUT2D eigenvalue weighted by molar-refractivity contribution is 5.79. The van der Waals surface area contributed by atoms with Crippen molar-refractivity contribution in [2.75, 3.05) is 13.2 Å². The first-order valence-corrected chi connectivity index (χ1v) is 11.4. The Morgan fingerprint density at radius 1 is 1.30 bits per heavy atom. The molecular formula is C26H32FNO5. The van der Waals surface area contributed by atoms with Gasteiger partial charge in [-0.1, -0.05) is 30.3 Å². The number of hydrogen-bond acceptors (Lipinski definition) is 5. The van der Waals surface area contributed by atoms with Crippen LogP contribution in [0, 0.1) is 18.7 Å². The molecule has 3 N–H and O–H groups in total. The Kier molecular flexibility index (Phi) is 6.49. The van der Waals surface area contributed by atoms with E-state index in [2.05, 4.69) is 5.32 Å². The molecule has 2 aromatic rings. The molecule has 0 amide bonds. The maximum absolute atomic E-state index is 13.8. The van der Waals surface area contributed by atoms with E-state index in [9.17, 15) is 19.4 Å². The molecule has 0 aromatic heterocycles. The smallest absolute Gasteiger partial charge is 0.311 e. The third-order valence-corrected chi connectivity index (χ3v) is 6.60. The van der Waals surface area contributed by atoms with Crippen molar-refractivity contribution < 1.29 is 28.9 Å². The van der Waals surface area contributed by atoms with Gasteiger partial charge in [-0.2, -0.15) is 0 Å². The minimum atomic E-state index is -0.823. The number of benzene rings is 2. The Morgan fingerprint density at radius 2 is 2.06 bits per heavy atom. The van der Waals surface area contributed by atoms with Crippen LogP contribution in [-0.4, -0.2) is 47.1 Å². The fourth-order valence-electron chi connectivity index (χ4n) is 4.64. The van der Waals surface area contributed by atoms with Crippen LogP contribution in [0.25, 0.3) is 0 Å². The number of halogens is 1. The highest BCUT2D eigenvalue weighted by Crippen LogP contribution is 2.59. The van der Waals surface area contributed by atoms with Crippen LogP contribution in [0.5, 0.6) is 5.75 Å². The number of ether oxygens (including phenoxy) is 2. The summed E-state index contributed by atoms with van der Waals surface area (Å²) in [6.45, 7) is 8.14. The number of aliphatic hydroxyl groups excluding tert-OH is 1. The minimum absolute atomic E-state index is 0.0799. The molecule has 6 nitrogen and oxygen atoms in total. The van der Waals surface area contributed by atoms with Crippen LogP contribution in [0.3, 0.4) is 0 Å². The van der Waals surface area contributed by atoms with Crippen molar-refractivity contribution >= 4 is 5.97 Å². The zero-order chi connectivity index (χ0) is 23.9. The Labute approximate surface area is 193 Å². The van der Waals surface area contributed by atoms with Gasteiger partial charge < -0.3 is 25.0 Å². The van der Waals surface area contributed by atoms with E-state index in [4.69, 9.17) is 9.47 Å². The zero-order valence-electron chi connectivity index (χ0n) is 19.5. The molecule has 33 heavy (non-hydrogen) atoms. The molecule has 1 fully saturated rings. The lowest BCUT2D eigenvalue weighted by molar-refractivity contribution is -0.139. The van der Waals surface area contributed by atoms with Crippen LogP contribution < -0.4 is 10.1 Å². The van der Waals surface area contributed by atoms with Gasteiger partial charge >= 0.3 is 5.97 Å². The first-order chi connectivity index (χ1) is 15.6. The van der Waals surface area contributed by atoms with Gasteiger partial charge in [0, 0.05) is 29.1 Å². The summed E-state index contributed by atoms with van der Waals surface area (Å²) in [4.78, 5) is 11.3. The van der Waals surface area contributed by atoms with Gasteiger partial charge in [-0.3, -0.25) is 4.79 Å². The predicted octanol–water partition coefficient (Wildman–Crippen LogP) is 3.74. The monoisotopic (exact) mass is 457 g/mol. The number of carboxylic acids is 1. The molecule has 7 heteroatoms. The fourth-order valence-corrected chi connectivity index (χ4v) is 4.64. The summed E-state index contributed by atoms with van der Waals surface area (Å²) < 4.78 is 25.7. The quantitative estimate of drug-likeness (QED) is 0.504. The number of aliphatic hydroxyl groups is 1. The molecule has 1 aliphatic carbocycles. The number of para-hydroxylation sites is 1. The van der Waals surface area contributed by atoms with Crippen molar-refractivity contribution in [1.29, 1.82) is 0 Å². The van der Waals surface area contributed by atoms with Crippen molar-refractivity contribution in [3.63, 3.8) is 0 Å². The van der Waals surface area contributed by atoms with E-state index in [1.807, 2.05) is 45.0 Å². The average molecular weight is 458 g/mol. The molecule has 2 aliphatic rings. The molecule has 0 spiro atoms. The van der Waals surface area contributed by atoms with Gasteiger partial charge in [-0.05, 0) is 51.3 Å². The molecule has 1 aliphatic heterocycles. The maximum atomic E-state index is 13.8. The molecule has 5 atom stereocenters. The van der Waals surface area contributed by atoms with Gasteiger partial charge in [0.2, 0.25) is 0 Å². The number of aliphatic carboxylic acids is 1. The Balaban J connectivity index is 1.27. The molecular weight excluding hydrogens is 425 g/mol. The molecule has 1 heterocycles. The van der Waals surface area contributed by atoms with E-state index < -0.39 is 18.0 Å². The number of carbonyl (C=O) groups is 1. The SMILES string of the molecule is Cc1ccc(CC(C)(C)NCC(O)CO[C@H](C)c2cccc3c2O[C@@H]2[C@@H](C(=O)O)[C@H]32)cc1F. The largest absolute Gasteiger partial charge is 0.488 e. The van der Waals surface area contributed by atoms with Gasteiger partial charge in [0.05, 0.1) is 18.8 Å². The summed E-state index contributed by atoms with van der Waals surface area (Å²) in [5.74, 6) is -0.855. The van der Waals surface area contributed by atoms with Gasteiger partial charge in [-0.25, -0.2) is 4.39 Å². The zero-order valence-corrected chi connectivity index (χ0v) is 19.5. The second-order valence-electron chi connectivity index (χ2n) is 9.89. The Bertz CT molecular complexity index is 1040. The molecule has 2 aromatic carbocycles. The molecule has 4 rings (SSSR count). The summed E-state index contributed by atoms with van der Waals surface area (Å²) in [5.41, 5.74) is 2.99. The number of nitrogens with one attached hydrogen (secondary N) is 1. The van der Waals surface area contributed by atoms with Crippen molar-refractivity contribution in [3.05, 3.63) is 64.5 Å². The number of β-amino-alcohol motifs (C(OH)–C–C–N with tert-alkyl or cyclic N) is 1. The molecule has 0 saturated heterocycles. The van der Waals surface area contributed by atoms with Gasteiger partial charge in [-0.15, -0.1) is 0 Å². The molecule has 178 valence electrons. The first-order valence-electron chi connectivity index (χ1n) is 11.4. The summed E-state index contributed by atoms with van der Waals surface area (Å²) in [7, 11) is 0. The van der Waals surface area contributed by atoms with Crippen LogP contribution in [0.2, 0.25) is 0 Å². The van der Waals surface area contributed by atoms with Crippen LogP contribution >= 0.6 is 0 Å². The van der Waals surface area contributed by atoms with Crippen LogP contribution in [0.1, 0.15) is 55.0 Å². The summed E-state index contributed by atoms with van der Waals surface area (Å²) in [6, 6.07) is 11.0. The number of hydrogen-bond donors (Lipinski definition) is 3. The van der Waals surface area contributed by atoms with Crippen molar-refractivity contribution in [3.8, 4) is 5.75 Å². The van der Waals surface area contributed by atoms with Crippen molar-refractivity contribution in [2.24, 2.45) is 5.92 Å². The summed E-state index contributed by atoms with van der Waals surface area (Å²) >= 11 is 0. The Morgan fingerprint density at radius 3 is 2.76 bits per heavy atom. The van der Waals surface area contributed by atoms with Crippen LogP contribution in [0.4, 0.5) is 4.39 Å². The van der Waals surface area contributed by atoms with Crippen LogP contribution in [0.15, 0.2) is 36.4 Å². The number of fused-ring (bicyclic) bond motifs is 3. The second-order valence-corrected chi connectivity index (χ2v) is 9.89. The van der Waals surface area contributed by atoms with E-state index in [0.29, 0.717) is 18.5 Å². The van der Waals surface area contributed by atoms with E-state index in [0.717, 1.165) is 22.4 Å². The third-order valence-electron chi connectivity index (χ3n) is 6.60. The Hall–Kier alpha value is -2.48. The lowest BCUT2D eigenvalue weighted by Crippen LogP contribution is -2.46. The highest BCUT2D eigenvalue weighted by Gasteiger charge is 2.63. The summed E-state index contributed by atoms with van der Waals surface area (Å²) in [5, 5.41) is 23.1. The van der Waals surface area contributed by atoms with E-state index in [1.165, 1.54) is 0 Å².